The molecule has 0 aliphatic carbocycles. The van der Waals surface area contributed by atoms with Crippen molar-refractivity contribution in [2.45, 2.75) is 77.7 Å². The molecule has 0 spiro atoms. The molecule has 0 aliphatic rings. The van der Waals surface area contributed by atoms with Gasteiger partial charge in [-0.25, -0.2) is 0 Å². The summed E-state index contributed by atoms with van der Waals surface area (Å²) in [5, 5.41) is 9.71. The molecule has 0 amide bonds. The Morgan fingerprint density at radius 1 is 0.704 bits per heavy atom. The van der Waals surface area contributed by atoms with Crippen molar-refractivity contribution in [1.82, 2.24) is 0 Å². The molecule has 0 aromatic heterocycles. The normalized spacial score (nSPS) is 14.2. The first-order valence-corrected chi connectivity index (χ1v) is 10.6. The van der Waals surface area contributed by atoms with E-state index in [0.29, 0.717) is 6.42 Å². The highest BCUT2D eigenvalue weighted by atomic mass is 32.1. The maximum Gasteiger partial charge on any atom is 0.0588 e. The largest absolute Gasteiger partial charge is 0.393 e. The molecule has 0 bridgehead atoms. The Hall–Kier alpha value is -1.51. The van der Waals surface area contributed by atoms with Gasteiger partial charge in [-0.2, -0.15) is 0 Å². The van der Waals surface area contributed by atoms with Gasteiger partial charge >= 0.3 is 0 Å². The predicted octanol–water partition coefficient (Wildman–Crippen LogP) is 7.61. The standard InChI is InChI=1S/C25H38OS/c1-3-4-5-6-7-8-9-10-11-12-13-14-15-16-17-18-19-20-21-22-25(26)23-24(2)27/h4-5,7-8,10-11,13-14,16-17,19-20,25-26H,3,6,9,12,15,18,21-23H2,1-2H3/b5-4-,8-7-,11-10-,14-13-,17-16-,20-19+. The summed E-state index contributed by atoms with van der Waals surface area (Å²) in [6.07, 6.45) is 34.5. The summed E-state index contributed by atoms with van der Waals surface area (Å²) < 4.78 is 0. The zero-order valence-electron chi connectivity index (χ0n) is 17.2. The summed E-state index contributed by atoms with van der Waals surface area (Å²) in [6.45, 7) is 4.04. The van der Waals surface area contributed by atoms with E-state index in [-0.39, 0.29) is 6.10 Å². The van der Waals surface area contributed by atoms with Gasteiger partial charge in [-0.1, -0.05) is 92.1 Å². The highest BCUT2D eigenvalue weighted by Crippen LogP contribution is 2.04. The van der Waals surface area contributed by atoms with Gasteiger partial charge in [-0.3, -0.25) is 0 Å². The Labute approximate surface area is 173 Å². The average Bonchev–Trinajstić information content (AvgIpc) is 2.63. The fourth-order valence-electron chi connectivity index (χ4n) is 2.36. The van der Waals surface area contributed by atoms with Gasteiger partial charge in [0.2, 0.25) is 0 Å². The lowest BCUT2D eigenvalue weighted by Crippen LogP contribution is -2.09. The van der Waals surface area contributed by atoms with Crippen molar-refractivity contribution in [2.75, 3.05) is 0 Å². The van der Waals surface area contributed by atoms with Gasteiger partial charge in [0.25, 0.3) is 0 Å². The van der Waals surface area contributed by atoms with E-state index in [9.17, 15) is 5.11 Å². The van der Waals surface area contributed by atoms with Gasteiger partial charge in [-0.05, 0) is 63.2 Å². The molecule has 0 radical (unpaired) electrons. The number of aliphatic hydroxyl groups excluding tert-OH is 1. The second kappa shape index (κ2) is 20.8. The van der Waals surface area contributed by atoms with Crippen molar-refractivity contribution < 1.29 is 5.11 Å². The van der Waals surface area contributed by atoms with Crippen LogP contribution in [0.5, 0.6) is 0 Å². The van der Waals surface area contributed by atoms with Crippen LogP contribution in [-0.2, 0) is 0 Å². The average molecular weight is 387 g/mol. The van der Waals surface area contributed by atoms with E-state index in [4.69, 9.17) is 12.2 Å². The van der Waals surface area contributed by atoms with Crippen molar-refractivity contribution in [3.05, 3.63) is 72.9 Å². The highest BCUT2D eigenvalue weighted by molar-refractivity contribution is 7.80. The first-order valence-electron chi connectivity index (χ1n) is 10.2. The molecule has 0 aromatic rings. The summed E-state index contributed by atoms with van der Waals surface area (Å²) >= 11 is 5.00. The van der Waals surface area contributed by atoms with Crippen LogP contribution in [0.1, 0.15) is 71.6 Å². The molecule has 1 nitrogen and oxygen atoms in total. The van der Waals surface area contributed by atoms with Crippen molar-refractivity contribution in [3.8, 4) is 0 Å². The van der Waals surface area contributed by atoms with Crippen LogP contribution in [0.4, 0.5) is 0 Å². The third kappa shape index (κ3) is 22.4. The molecule has 0 aromatic carbocycles. The molecule has 27 heavy (non-hydrogen) atoms. The molecule has 0 rings (SSSR count). The van der Waals surface area contributed by atoms with Gasteiger partial charge in [0.05, 0.1) is 6.10 Å². The molecule has 0 heterocycles. The molecule has 0 aliphatic heterocycles. The summed E-state index contributed by atoms with van der Waals surface area (Å²) in [6, 6.07) is 0. The number of allylic oxidation sites excluding steroid dienone is 12. The zero-order chi connectivity index (χ0) is 20.0. The summed E-state index contributed by atoms with van der Waals surface area (Å²) in [7, 11) is 0. The van der Waals surface area contributed by atoms with Crippen molar-refractivity contribution in [3.63, 3.8) is 0 Å². The van der Waals surface area contributed by atoms with Gasteiger partial charge in [-0.15, -0.1) is 0 Å². The van der Waals surface area contributed by atoms with E-state index in [0.717, 1.165) is 56.2 Å². The first kappa shape index (κ1) is 25.5. The summed E-state index contributed by atoms with van der Waals surface area (Å²) in [4.78, 5) is 0.880. The van der Waals surface area contributed by atoms with E-state index >= 15 is 0 Å². The van der Waals surface area contributed by atoms with Crippen molar-refractivity contribution in [2.24, 2.45) is 0 Å². The fraction of sp³-hybridized carbons (Fsp3) is 0.480. The Bertz CT molecular complexity index is 520. The quantitative estimate of drug-likeness (QED) is 0.218. The van der Waals surface area contributed by atoms with Gasteiger partial charge < -0.3 is 5.11 Å². The number of hydrogen-bond acceptors (Lipinski definition) is 2. The van der Waals surface area contributed by atoms with Gasteiger partial charge in [0.1, 0.15) is 0 Å². The molecular formula is C25H38OS. The second-order valence-corrected chi connectivity index (χ2v) is 7.25. The van der Waals surface area contributed by atoms with Crippen LogP contribution in [-0.4, -0.2) is 16.1 Å². The van der Waals surface area contributed by atoms with Crippen LogP contribution in [0.2, 0.25) is 0 Å². The molecule has 0 fully saturated rings. The van der Waals surface area contributed by atoms with Crippen LogP contribution in [0, 0.1) is 0 Å². The third-order valence-corrected chi connectivity index (χ3v) is 3.95. The minimum absolute atomic E-state index is 0.291. The Morgan fingerprint density at radius 3 is 1.44 bits per heavy atom. The van der Waals surface area contributed by atoms with Gasteiger partial charge in [0.15, 0.2) is 0 Å². The van der Waals surface area contributed by atoms with E-state index < -0.39 is 0 Å². The van der Waals surface area contributed by atoms with E-state index in [2.05, 4.69) is 79.8 Å². The lowest BCUT2D eigenvalue weighted by atomic mass is 10.1. The minimum Gasteiger partial charge on any atom is -0.393 e. The van der Waals surface area contributed by atoms with Crippen LogP contribution >= 0.6 is 12.2 Å². The maximum absolute atomic E-state index is 9.71. The monoisotopic (exact) mass is 386 g/mol. The van der Waals surface area contributed by atoms with Crippen molar-refractivity contribution >= 4 is 17.1 Å². The summed E-state index contributed by atoms with van der Waals surface area (Å²) in [5.74, 6) is 0. The molecule has 1 N–H and O–H groups in total. The van der Waals surface area contributed by atoms with Crippen LogP contribution in [0.3, 0.4) is 0 Å². The Kier molecular flexibility index (Phi) is 19.6. The molecule has 2 heteroatoms. The SMILES string of the molecule is CC/C=C\C/C=C\C/C=C\C/C=C\C/C=C\C/C=C/CCC(O)CC(C)=S. The topological polar surface area (TPSA) is 20.2 Å². The number of thiocarbonyl (C=S) groups is 1. The smallest absolute Gasteiger partial charge is 0.0588 e. The predicted molar refractivity (Wildman–Crippen MR) is 126 cm³/mol. The van der Waals surface area contributed by atoms with Crippen LogP contribution < -0.4 is 0 Å². The molecule has 0 saturated heterocycles. The lowest BCUT2D eigenvalue weighted by Gasteiger charge is -2.06. The molecule has 0 saturated carbocycles. The van der Waals surface area contributed by atoms with E-state index in [1.54, 1.807) is 0 Å². The molecule has 150 valence electrons. The summed E-state index contributed by atoms with van der Waals surface area (Å²) in [5.41, 5.74) is 0. The number of aliphatic hydroxyl groups is 1. The van der Waals surface area contributed by atoms with Crippen LogP contribution in [0.25, 0.3) is 0 Å². The second-order valence-electron chi connectivity index (χ2n) is 6.55. The molecule has 1 atom stereocenters. The third-order valence-electron chi connectivity index (χ3n) is 3.79. The zero-order valence-corrected chi connectivity index (χ0v) is 18.0. The van der Waals surface area contributed by atoms with Gasteiger partial charge in [0, 0.05) is 6.42 Å². The first-order chi connectivity index (χ1) is 13.2. The number of hydrogen-bond donors (Lipinski definition) is 1. The number of rotatable bonds is 16. The van der Waals surface area contributed by atoms with E-state index in [1.165, 1.54) is 0 Å². The Balaban J connectivity index is 3.57. The van der Waals surface area contributed by atoms with Crippen molar-refractivity contribution in [1.29, 1.82) is 0 Å². The fourth-order valence-corrected chi connectivity index (χ4v) is 2.55. The molecule has 1 unspecified atom stereocenters. The van der Waals surface area contributed by atoms with E-state index in [1.807, 2.05) is 6.92 Å². The van der Waals surface area contributed by atoms with Crippen LogP contribution in [0.15, 0.2) is 72.9 Å². The lowest BCUT2D eigenvalue weighted by molar-refractivity contribution is 0.174. The maximum atomic E-state index is 9.71. The highest BCUT2D eigenvalue weighted by Gasteiger charge is 2.02. The molecular weight excluding hydrogens is 348 g/mol. The Morgan fingerprint density at radius 2 is 1.07 bits per heavy atom. The minimum atomic E-state index is -0.291.